The van der Waals surface area contributed by atoms with E-state index in [0.717, 1.165) is 34.4 Å². The van der Waals surface area contributed by atoms with Gasteiger partial charge in [-0.25, -0.2) is 0 Å². The van der Waals surface area contributed by atoms with Crippen LogP contribution in [0.25, 0.3) is 11.1 Å². The highest BCUT2D eigenvalue weighted by atomic mass is 16.2. The summed E-state index contributed by atoms with van der Waals surface area (Å²) in [7, 11) is 1.80. The predicted molar refractivity (Wildman–Crippen MR) is 106 cm³/mol. The molecule has 1 aromatic carbocycles. The highest BCUT2D eigenvalue weighted by molar-refractivity contribution is 5.96. The number of amides is 1. The standard InChI is InChI=1S/C22H18N4O2/c1-25-20-5-3-17(9-18(20)4-7-21(25)27)19-8-16(11-24-12-19)14-26-13-15(10-23)2-6-22(26)28/h2-3,5-6,8-9,11-13H,4,7,14H2,1H3. The molecule has 0 N–H and O–H groups in total. The molecule has 3 heterocycles. The Morgan fingerprint density at radius 2 is 1.93 bits per heavy atom. The number of hydrogen-bond acceptors (Lipinski definition) is 4. The second-order valence-electron chi connectivity index (χ2n) is 6.87. The van der Waals surface area contributed by atoms with E-state index in [1.165, 1.54) is 16.7 Å². The summed E-state index contributed by atoms with van der Waals surface area (Å²) < 4.78 is 1.51. The molecule has 0 fully saturated rings. The lowest BCUT2D eigenvalue weighted by Crippen LogP contribution is -2.30. The molecule has 0 saturated heterocycles. The number of hydrogen-bond donors (Lipinski definition) is 0. The Balaban J connectivity index is 1.66. The Morgan fingerprint density at radius 3 is 2.75 bits per heavy atom. The molecule has 1 aliphatic rings. The van der Waals surface area contributed by atoms with Crippen molar-refractivity contribution in [3.63, 3.8) is 0 Å². The summed E-state index contributed by atoms with van der Waals surface area (Å²) in [6.45, 7) is 0.345. The lowest BCUT2D eigenvalue weighted by atomic mass is 9.96. The third-order valence-corrected chi connectivity index (χ3v) is 5.02. The molecule has 0 aliphatic carbocycles. The van der Waals surface area contributed by atoms with Crippen LogP contribution in [0, 0.1) is 11.3 Å². The van der Waals surface area contributed by atoms with Crippen LogP contribution in [0.15, 0.2) is 59.8 Å². The van der Waals surface area contributed by atoms with Gasteiger partial charge in [-0.1, -0.05) is 6.07 Å². The maximum absolute atomic E-state index is 12.1. The molecule has 1 amide bonds. The van der Waals surface area contributed by atoms with Gasteiger partial charge in [0.25, 0.3) is 5.56 Å². The number of fused-ring (bicyclic) bond motifs is 1. The number of anilines is 1. The number of nitriles is 1. The van der Waals surface area contributed by atoms with E-state index in [2.05, 4.69) is 11.1 Å². The molecule has 4 rings (SSSR count). The van der Waals surface area contributed by atoms with E-state index in [4.69, 9.17) is 5.26 Å². The number of carbonyl (C=O) groups excluding carboxylic acids is 1. The first-order valence-corrected chi connectivity index (χ1v) is 8.99. The van der Waals surface area contributed by atoms with E-state index in [1.54, 1.807) is 30.5 Å². The van der Waals surface area contributed by atoms with Gasteiger partial charge in [-0.2, -0.15) is 5.26 Å². The fraction of sp³-hybridized carbons (Fsp3) is 0.182. The largest absolute Gasteiger partial charge is 0.315 e. The smallest absolute Gasteiger partial charge is 0.250 e. The van der Waals surface area contributed by atoms with Gasteiger partial charge in [0.15, 0.2) is 0 Å². The number of pyridine rings is 2. The number of aromatic nitrogens is 2. The first-order valence-electron chi connectivity index (χ1n) is 8.99. The molecule has 0 unspecified atom stereocenters. The van der Waals surface area contributed by atoms with Gasteiger partial charge in [-0.3, -0.25) is 14.6 Å². The molecule has 28 heavy (non-hydrogen) atoms. The highest BCUT2D eigenvalue weighted by Gasteiger charge is 2.21. The van der Waals surface area contributed by atoms with Gasteiger partial charge in [0.1, 0.15) is 6.07 Å². The summed E-state index contributed by atoms with van der Waals surface area (Å²) in [4.78, 5) is 30.0. The molecule has 6 nitrogen and oxygen atoms in total. The first-order chi connectivity index (χ1) is 13.5. The average molecular weight is 370 g/mol. The number of carbonyl (C=O) groups is 1. The molecule has 1 aliphatic heterocycles. The summed E-state index contributed by atoms with van der Waals surface area (Å²) in [6.07, 6.45) is 6.32. The van der Waals surface area contributed by atoms with Crippen LogP contribution in [0.5, 0.6) is 0 Å². The molecular weight excluding hydrogens is 352 g/mol. The zero-order valence-electron chi connectivity index (χ0n) is 15.4. The maximum Gasteiger partial charge on any atom is 0.250 e. The van der Waals surface area contributed by atoms with Gasteiger partial charge < -0.3 is 9.47 Å². The second-order valence-corrected chi connectivity index (χ2v) is 6.87. The SMILES string of the molecule is CN1C(=O)CCc2cc(-c3cncc(Cn4cc(C#N)ccc4=O)c3)ccc21. The molecule has 0 atom stereocenters. The Labute approximate surface area is 162 Å². The molecule has 138 valence electrons. The molecule has 0 bridgehead atoms. The zero-order valence-corrected chi connectivity index (χ0v) is 15.4. The van der Waals surface area contributed by atoms with Crippen molar-refractivity contribution in [1.29, 1.82) is 5.26 Å². The van der Waals surface area contributed by atoms with Gasteiger partial charge in [-0.15, -0.1) is 0 Å². The van der Waals surface area contributed by atoms with E-state index >= 15 is 0 Å². The van der Waals surface area contributed by atoms with Crippen LogP contribution in [-0.2, 0) is 17.8 Å². The van der Waals surface area contributed by atoms with Crippen LogP contribution in [0.4, 0.5) is 5.69 Å². The van der Waals surface area contributed by atoms with Crippen LogP contribution < -0.4 is 10.5 Å². The topological polar surface area (TPSA) is 79.0 Å². The number of benzene rings is 1. The van der Waals surface area contributed by atoms with E-state index in [0.29, 0.717) is 18.5 Å². The zero-order chi connectivity index (χ0) is 19.7. The molecule has 0 radical (unpaired) electrons. The molecule has 0 saturated carbocycles. The van der Waals surface area contributed by atoms with Gasteiger partial charge in [0, 0.05) is 49.4 Å². The third kappa shape index (κ3) is 3.30. The van der Waals surface area contributed by atoms with Crippen molar-refractivity contribution in [1.82, 2.24) is 9.55 Å². The minimum absolute atomic E-state index is 0.133. The number of aryl methyl sites for hydroxylation is 1. The molecule has 2 aromatic heterocycles. The van der Waals surface area contributed by atoms with Crippen LogP contribution in [0.1, 0.15) is 23.1 Å². The second kappa shape index (κ2) is 7.12. The van der Waals surface area contributed by atoms with Gasteiger partial charge >= 0.3 is 0 Å². The monoisotopic (exact) mass is 370 g/mol. The average Bonchev–Trinajstić information content (AvgIpc) is 2.72. The first kappa shape index (κ1) is 17.7. The van der Waals surface area contributed by atoms with E-state index in [1.807, 2.05) is 24.3 Å². The molecule has 3 aromatic rings. The minimum Gasteiger partial charge on any atom is -0.315 e. The summed E-state index contributed by atoms with van der Waals surface area (Å²) in [6, 6.07) is 13.0. The van der Waals surface area contributed by atoms with Crippen LogP contribution in [0.2, 0.25) is 0 Å². The van der Waals surface area contributed by atoms with Crippen LogP contribution >= 0.6 is 0 Å². The fourth-order valence-corrected chi connectivity index (χ4v) is 3.49. The molecule has 6 heteroatoms. The lowest BCUT2D eigenvalue weighted by Gasteiger charge is -2.26. The fourth-order valence-electron chi connectivity index (χ4n) is 3.49. The number of nitrogens with zero attached hydrogens (tertiary/aromatic N) is 4. The van der Waals surface area contributed by atoms with Crippen molar-refractivity contribution < 1.29 is 4.79 Å². The summed E-state index contributed by atoms with van der Waals surface area (Å²) in [5.74, 6) is 0.133. The van der Waals surface area contributed by atoms with Crippen molar-refractivity contribution in [2.24, 2.45) is 0 Å². The summed E-state index contributed by atoms with van der Waals surface area (Å²) in [5.41, 5.74) is 5.22. The molecule has 0 spiro atoms. The Morgan fingerprint density at radius 1 is 1.07 bits per heavy atom. The van der Waals surface area contributed by atoms with Gasteiger partial charge in [0.2, 0.25) is 5.91 Å². The summed E-state index contributed by atoms with van der Waals surface area (Å²) in [5, 5.41) is 9.04. The summed E-state index contributed by atoms with van der Waals surface area (Å²) >= 11 is 0. The van der Waals surface area contributed by atoms with Crippen molar-refractivity contribution in [3.05, 3.63) is 82.0 Å². The third-order valence-electron chi connectivity index (χ3n) is 5.02. The van der Waals surface area contributed by atoms with E-state index in [-0.39, 0.29) is 11.5 Å². The van der Waals surface area contributed by atoms with E-state index in [9.17, 15) is 9.59 Å². The van der Waals surface area contributed by atoms with Crippen molar-refractivity contribution >= 4 is 11.6 Å². The Hall–Kier alpha value is -3.72. The van der Waals surface area contributed by atoms with E-state index < -0.39 is 0 Å². The Bertz CT molecular complexity index is 1170. The van der Waals surface area contributed by atoms with Gasteiger partial charge in [-0.05, 0) is 47.4 Å². The predicted octanol–water partition coefficient (Wildman–Crippen LogP) is 2.74. The quantitative estimate of drug-likeness (QED) is 0.710. The van der Waals surface area contributed by atoms with Crippen molar-refractivity contribution in [2.45, 2.75) is 19.4 Å². The number of rotatable bonds is 3. The maximum atomic E-state index is 12.1. The Kier molecular flexibility index (Phi) is 4.50. The van der Waals surface area contributed by atoms with Crippen molar-refractivity contribution in [3.8, 4) is 17.2 Å². The van der Waals surface area contributed by atoms with Gasteiger partial charge in [0.05, 0.1) is 12.1 Å². The molecular formula is C22H18N4O2. The minimum atomic E-state index is -0.161. The lowest BCUT2D eigenvalue weighted by molar-refractivity contribution is -0.118. The van der Waals surface area contributed by atoms with Crippen LogP contribution in [-0.4, -0.2) is 22.5 Å². The highest BCUT2D eigenvalue weighted by Crippen LogP contribution is 2.31. The van der Waals surface area contributed by atoms with Crippen LogP contribution in [0.3, 0.4) is 0 Å². The van der Waals surface area contributed by atoms with Crippen molar-refractivity contribution in [2.75, 3.05) is 11.9 Å². The normalized spacial score (nSPS) is 13.1.